The first-order chi connectivity index (χ1) is 15.6. The van der Waals surface area contributed by atoms with E-state index in [0.717, 1.165) is 21.9 Å². The molecule has 1 aliphatic heterocycles. The molecule has 1 aliphatic rings. The molecule has 2 N–H and O–H groups in total. The molecule has 8 nitrogen and oxygen atoms in total. The lowest BCUT2D eigenvalue weighted by atomic mass is 10.1. The molecule has 1 amide bonds. The van der Waals surface area contributed by atoms with Crippen molar-refractivity contribution in [3.8, 4) is 11.5 Å². The summed E-state index contributed by atoms with van der Waals surface area (Å²) >= 11 is 0. The minimum absolute atomic E-state index is 0.0193. The highest BCUT2D eigenvalue weighted by Crippen LogP contribution is 2.36. The molecule has 0 unspecified atom stereocenters. The van der Waals surface area contributed by atoms with Crippen LogP contribution in [0.3, 0.4) is 0 Å². The van der Waals surface area contributed by atoms with Gasteiger partial charge in [0.25, 0.3) is 5.91 Å². The highest BCUT2D eigenvalue weighted by Gasteiger charge is 2.40. The van der Waals surface area contributed by atoms with Gasteiger partial charge in [0, 0.05) is 19.2 Å². The van der Waals surface area contributed by atoms with E-state index in [2.05, 4.69) is 0 Å². The highest BCUT2D eigenvalue weighted by molar-refractivity contribution is 7.89. The predicted octanol–water partition coefficient (Wildman–Crippen LogP) is 3.46. The number of nitrogens with one attached hydrogen (secondary N) is 1. The van der Waals surface area contributed by atoms with E-state index in [0.29, 0.717) is 37.0 Å². The van der Waals surface area contributed by atoms with Gasteiger partial charge in [-0.1, -0.05) is 12.1 Å². The first-order valence-electron chi connectivity index (χ1n) is 10.1. The van der Waals surface area contributed by atoms with Crippen molar-refractivity contribution in [3.05, 3.63) is 53.6 Å². The molecule has 1 saturated heterocycles. The van der Waals surface area contributed by atoms with E-state index in [1.165, 1.54) is 0 Å². The van der Waals surface area contributed by atoms with Crippen molar-refractivity contribution in [3.63, 3.8) is 0 Å². The summed E-state index contributed by atoms with van der Waals surface area (Å²) < 4.78 is 78.8. The van der Waals surface area contributed by atoms with Crippen molar-refractivity contribution in [1.29, 1.82) is 0 Å². The van der Waals surface area contributed by atoms with Gasteiger partial charge in [0.05, 0.1) is 22.6 Å². The van der Waals surface area contributed by atoms with Gasteiger partial charge in [-0.25, -0.2) is 13.9 Å². The van der Waals surface area contributed by atoms with Gasteiger partial charge in [0.1, 0.15) is 17.6 Å². The van der Waals surface area contributed by atoms with Gasteiger partial charge in [-0.2, -0.15) is 17.5 Å². The van der Waals surface area contributed by atoms with Crippen LogP contribution in [0.1, 0.15) is 35.7 Å². The molecule has 2 aromatic rings. The first kappa shape index (κ1) is 24.8. The molecule has 12 heteroatoms. The Morgan fingerprint density at radius 1 is 1.15 bits per heavy atom. The molecular formula is C21H23F3N2O6S. The number of ether oxygens (including phenoxy) is 2. The molecule has 1 heterocycles. The lowest BCUT2D eigenvalue weighted by Crippen LogP contribution is -2.42. The van der Waals surface area contributed by atoms with Crippen LogP contribution < -0.4 is 15.0 Å². The second-order valence-corrected chi connectivity index (χ2v) is 9.15. The van der Waals surface area contributed by atoms with E-state index >= 15 is 0 Å². The number of rotatable bonds is 7. The van der Waals surface area contributed by atoms with Crippen LogP contribution in [0.25, 0.3) is 0 Å². The molecule has 0 radical (unpaired) electrons. The molecule has 2 aromatic carbocycles. The number of alkyl halides is 3. The molecule has 180 valence electrons. The number of carbonyl (C=O) groups is 1. The van der Waals surface area contributed by atoms with Gasteiger partial charge in [0.2, 0.25) is 10.0 Å². The topological polar surface area (TPSA) is 105 Å². The van der Waals surface area contributed by atoms with Gasteiger partial charge in [-0.05, 0) is 44.0 Å². The van der Waals surface area contributed by atoms with Crippen molar-refractivity contribution in [1.82, 2.24) is 9.79 Å². The Labute approximate surface area is 188 Å². The monoisotopic (exact) mass is 488 g/mol. The number of hydrogen-bond donors (Lipinski definition) is 2. The Bertz CT molecular complexity index is 1100. The number of benzene rings is 2. The fourth-order valence-electron chi connectivity index (χ4n) is 3.60. The molecule has 3 rings (SSSR count). The summed E-state index contributed by atoms with van der Waals surface area (Å²) in [6, 6.07) is 9.41. The van der Waals surface area contributed by atoms with Crippen molar-refractivity contribution in [2.24, 2.45) is 0 Å². The average molecular weight is 488 g/mol. The zero-order chi connectivity index (χ0) is 24.2. The SMILES string of the molecule is CCOc1cccc(OC2CCN(S(=O)(=O)c3cccc(C(F)(F)F)c3C(=O)NO)CC2)c1. The third-order valence-corrected chi connectivity index (χ3v) is 7.04. The van der Waals surface area contributed by atoms with E-state index in [1.54, 1.807) is 24.3 Å². The fraction of sp³-hybridized carbons (Fsp3) is 0.381. The summed E-state index contributed by atoms with van der Waals surface area (Å²) in [5, 5.41) is 8.91. The van der Waals surface area contributed by atoms with Crippen LogP contribution in [0.2, 0.25) is 0 Å². The summed E-state index contributed by atoms with van der Waals surface area (Å²) in [6.07, 6.45) is -4.73. The maximum absolute atomic E-state index is 13.4. The quantitative estimate of drug-likeness (QED) is 0.457. The van der Waals surface area contributed by atoms with E-state index in [4.69, 9.17) is 14.7 Å². The van der Waals surface area contributed by atoms with Crippen LogP contribution in [-0.2, 0) is 16.2 Å². The van der Waals surface area contributed by atoms with E-state index in [-0.39, 0.29) is 19.2 Å². The fourth-order valence-corrected chi connectivity index (χ4v) is 5.28. The molecule has 0 atom stereocenters. The molecule has 0 aromatic heterocycles. The standard InChI is InChI=1S/C21H23F3N2O6S/c1-2-31-15-5-3-6-16(13-15)32-14-9-11-26(12-10-14)33(29,30)18-8-4-7-17(21(22,23)24)19(18)20(27)25-28/h3-8,13-14,28H,2,9-12H2,1H3,(H,25,27). The number of nitrogens with zero attached hydrogens (tertiary/aromatic N) is 1. The molecule has 0 bridgehead atoms. The second-order valence-electron chi connectivity index (χ2n) is 7.25. The Morgan fingerprint density at radius 2 is 1.79 bits per heavy atom. The van der Waals surface area contributed by atoms with Crippen LogP contribution in [0.4, 0.5) is 13.2 Å². The van der Waals surface area contributed by atoms with E-state index in [1.807, 2.05) is 6.92 Å². The number of carbonyl (C=O) groups excluding carboxylic acids is 1. The van der Waals surface area contributed by atoms with Gasteiger partial charge < -0.3 is 9.47 Å². The Morgan fingerprint density at radius 3 is 2.39 bits per heavy atom. The van der Waals surface area contributed by atoms with Crippen molar-refractivity contribution in [2.45, 2.75) is 36.9 Å². The molecule has 33 heavy (non-hydrogen) atoms. The summed E-state index contributed by atoms with van der Waals surface area (Å²) in [4.78, 5) is 11.2. The minimum atomic E-state index is -5.00. The average Bonchev–Trinajstić information content (AvgIpc) is 2.78. The van der Waals surface area contributed by atoms with E-state index < -0.39 is 38.1 Å². The zero-order valence-electron chi connectivity index (χ0n) is 17.6. The maximum Gasteiger partial charge on any atom is 0.417 e. The third kappa shape index (κ3) is 5.57. The van der Waals surface area contributed by atoms with Gasteiger partial charge in [-0.3, -0.25) is 10.0 Å². The molecular weight excluding hydrogens is 465 g/mol. The molecule has 0 aliphatic carbocycles. The van der Waals surface area contributed by atoms with Crippen molar-refractivity contribution in [2.75, 3.05) is 19.7 Å². The van der Waals surface area contributed by atoms with Crippen molar-refractivity contribution < 1.29 is 41.1 Å². The van der Waals surface area contributed by atoms with Crippen LogP contribution in [0, 0.1) is 0 Å². The van der Waals surface area contributed by atoms with E-state index in [9.17, 15) is 26.4 Å². The Balaban J connectivity index is 1.79. The van der Waals surface area contributed by atoms with Gasteiger partial charge >= 0.3 is 6.18 Å². The number of sulfonamides is 1. The predicted molar refractivity (Wildman–Crippen MR) is 111 cm³/mol. The third-order valence-electron chi connectivity index (χ3n) is 5.10. The number of hydrogen-bond acceptors (Lipinski definition) is 6. The largest absolute Gasteiger partial charge is 0.494 e. The minimum Gasteiger partial charge on any atom is -0.494 e. The summed E-state index contributed by atoms with van der Waals surface area (Å²) in [7, 11) is -4.46. The number of piperidine rings is 1. The number of hydroxylamine groups is 1. The Kier molecular flexibility index (Phi) is 7.50. The number of halogens is 3. The van der Waals surface area contributed by atoms with Gasteiger partial charge in [0.15, 0.2) is 0 Å². The second kappa shape index (κ2) is 9.98. The molecule has 0 saturated carbocycles. The first-order valence-corrected chi connectivity index (χ1v) is 11.6. The smallest absolute Gasteiger partial charge is 0.417 e. The van der Waals surface area contributed by atoms with Crippen molar-refractivity contribution >= 4 is 15.9 Å². The normalized spacial score (nSPS) is 15.8. The summed E-state index contributed by atoms with van der Waals surface area (Å²) in [6.45, 7) is 2.30. The van der Waals surface area contributed by atoms with Crippen LogP contribution in [0.5, 0.6) is 11.5 Å². The zero-order valence-corrected chi connectivity index (χ0v) is 18.4. The number of amides is 1. The van der Waals surface area contributed by atoms with Crippen LogP contribution in [0.15, 0.2) is 47.4 Å². The Hall–Kier alpha value is -2.83. The lowest BCUT2D eigenvalue weighted by molar-refractivity contribution is -0.138. The molecule has 0 spiro atoms. The maximum atomic E-state index is 13.4. The lowest BCUT2D eigenvalue weighted by Gasteiger charge is -2.32. The highest BCUT2D eigenvalue weighted by atomic mass is 32.2. The summed E-state index contributed by atoms with van der Waals surface area (Å²) in [5.74, 6) is -0.370. The van der Waals surface area contributed by atoms with Crippen LogP contribution >= 0.6 is 0 Å². The van der Waals surface area contributed by atoms with Crippen LogP contribution in [-0.4, -0.2) is 49.6 Å². The summed E-state index contributed by atoms with van der Waals surface area (Å²) in [5.41, 5.74) is -1.51. The van der Waals surface area contributed by atoms with Gasteiger partial charge in [-0.15, -0.1) is 0 Å². The molecule has 1 fully saturated rings.